The summed E-state index contributed by atoms with van der Waals surface area (Å²) >= 11 is 0. The summed E-state index contributed by atoms with van der Waals surface area (Å²) in [4.78, 5) is 2.41. The smallest absolute Gasteiger partial charge is 0.142 e. The standard InChI is InChI=1S/C15H24N2O2/c1-12-10-16-7-4-8-17(11-12)14-9-13(18-2)5-6-15(14)19-3/h5-6,9,12,16H,4,7-8,10-11H2,1-3H3. The van der Waals surface area contributed by atoms with Gasteiger partial charge in [-0.15, -0.1) is 0 Å². The molecular weight excluding hydrogens is 240 g/mol. The Morgan fingerprint density at radius 3 is 2.84 bits per heavy atom. The fraction of sp³-hybridized carbons (Fsp3) is 0.600. The second-order valence-electron chi connectivity index (χ2n) is 5.15. The summed E-state index contributed by atoms with van der Waals surface area (Å²) in [5.74, 6) is 2.42. The van der Waals surface area contributed by atoms with Gasteiger partial charge in [0.05, 0.1) is 19.9 Å². The molecule has 1 aliphatic rings. The summed E-state index contributed by atoms with van der Waals surface area (Å²) in [6.45, 7) is 6.51. The molecule has 4 nitrogen and oxygen atoms in total. The van der Waals surface area contributed by atoms with Crippen molar-refractivity contribution in [3.05, 3.63) is 18.2 Å². The maximum absolute atomic E-state index is 5.49. The zero-order valence-corrected chi connectivity index (χ0v) is 12.1. The Morgan fingerprint density at radius 1 is 1.26 bits per heavy atom. The molecule has 1 aromatic rings. The highest BCUT2D eigenvalue weighted by Crippen LogP contribution is 2.33. The Hall–Kier alpha value is -1.42. The summed E-state index contributed by atoms with van der Waals surface area (Å²) < 4.78 is 10.8. The van der Waals surface area contributed by atoms with Crippen LogP contribution in [0, 0.1) is 5.92 Å². The van der Waals surface area contributed by atoms with Crippen LogP contribution < -0.4 is 19.7 Å². The summed E-state index contributed by atoms with van der Waals surface area (Å²) in [6.07, 6.45) is 1.15. The molecule has 1 aromatic carbocycles. The van der Waals surface area contributed by atoms with Gasteiger partial charge < -0.3 is 19.7 Å². The molecule has 0 spiro atoms. The van der Waals surface area contributed by atoms with Crippen LogP contribution in [-0.4, -0.2) is 40.4 Å². The van der Waals surface area contributed by atoms with Crippen molar-refractivity contribution in [2.45, 2.75) is 13.3 Å². The van der Waals surface area contributed by atoms with Crippen molar-refractivity contribution in [1.29, 1.82) is 0 Å². The molecule has 106 valence electrons. The number of ether oxygens (including phenoxy) is 2. The molecule has 1 aliphatic heterocycles. The van der Waals surface area contributed by atoms with E-state index >= 15 is 0 Å². The fourth-order valence-corrected chi connectivity index (χ4v) is 2.54. The third-order valence-electron chi connectivity index (χ3n) is 3.53. The van der Waals surface area contributed by atoms with E-state index in [2.05, 4.69) is 23.2 Å². The van der Waals surface area contributed by atoms with Crippen LogP contribution >= 0.6 is 0 Å². The molecule has 1 saturated heterocycles. The van der Waals surface area contributed by atoms with Crippen molar-refractivity contribution in [3.63, 3.8) is 0 Å². The van der Waals surface area contributed by atoms with Crippen LogP contribution in [0.15, 0.2) is 18.2 Å². The molecule has 0 aliphatic carbocycles. The molecule has 0 radical (unpaired) electrons. The van der Waals surface area contributed by atoms with Gasteiger partial charge in [-0.2, -0.15) is 0 Å². The van der Waals surface area contributed by atoms with Gasteiger partial charge in [-0.05, 0) is 37.6 Å². The van der Waals surface area contributed by atoms with E-state index in [-0.39, 0.29) is 0 Å². The highest BCUT2D eigenvalue weighted by Gasteiger charge is 2.17. The lowest BCUT2D eigenvalue weighted by atomic mass is 10.1. The third-order valence-corrected chi connectivity index (χ3v) is 3.53. The molecule has 0 saturated carbocycles. The van der Waals surface area contributed by atoms with Gasteiger partial charge in [-0.3, -0.25) is 0 Å². The lowest BCUT2D eigenvalue weighted by Gasteiger charge is -2.31. The molecule has 1 heterocycles. The van der Waals surface area contributed by atoms with E-state index in [0.717, 1.165) is 49.8 Å². The van der Waals surface area contributed by atoms with Gasteiger partial charge in [0.1, 0.15) is 11.5 Å². The van der Waals surface area contributed by atoms with Gasteiger partial charge in [0.25, 0.3) is 0 Å². The first-order valence-corrected chi connectivity index (χ1v) is 6.92. The second kappa shape index (κ2) is 6.66. The van der Waals surface area contributed by atoms with Crippen LogP contribution in [0.25, 0.3) is 0 Å². The van der Waals surface area contributed by atoms with Gasteiger partial charge >= 0.3 is 0 Å². The van der Waals surface area contributed by atoms with Crippen molar-refractivity contribution in [2.24, 2.45) is 5.92 Å². The number of hydrogen-bond donors (Lipinski definition) is 1. The van der Waals surface area contributed by atoms with Gasteiger partial charge in [0.2, 0.25) is 0 Å². The summed E-state index contributed by atoms with van der Waals surface area (Å²) in [7, 11) is 3.42. The average Bonchev–Trinajstić information content (AvgIpc) is 2.42. The lowest BCUT2D eigenvalue weighted by Crippen LogP contribution is -2.39. The third kappa shape index (κ3) is 3.53. The van der Waals surface area contributed by atoms with E-state index in [4.69, 9.17) is 9.47 Å². The summed E-state index contributed by atoms with van der Waals surface area (Å²) in [5, 5.41) is 3.48. The first kappa shape index (κ1) is 14.0. The van der Waals surface area contributed by atoms with Crippen molar-refractivity contribution < 1.29 is 9.47 Å². The van der Waals surface area contributed by atoms with Gasteiger partial charge in [-0.25, -0.2) is 0 Å². The molecule has 0 amide bonds. The number of hydrogen-bond acceptors (Lipinski definition) is 4. The van der Waals surface area contributed by atoms with Crippen molar-refractivity contribution in [1.82, 2.24) is 5.32 Å². The number of anilines is 1. The quantitative estimate of drug-likeness (QED) is 0.907. The first-order chi connectivity index (χ1) is 9.24. The molecule has 4 heteroatoms. The van der Waals surface area contributed by atoms with E-state index in [0.29, 0.717) is 5.92 Å². The van der Waals surface area contributed by atoms with Crippen LogP contribution in [-0.2, 0) is 0 Å². The van der Waals surface area contributed by atoms with Crippen LogP contribution in [0.1, 0.15) is 13.3 Å². The molecule has 0 bridgehead atoms. The normalized spacial score (nSPS) is 20.6. The van der Waals surface area contributed by atoms with Crippen molar-refractivity contribution in [3.8, 4) is 11.5 Å². The molecule has 1 fully saturated rings. The molecule has 2 rings (SSSR count). The molecular formula is C15H24N2O2. The number of nitrogens with zero attached hydrogens (tertiary/aromatic N) is 1. The summed E-state index contributed by atoms with van der Waals surface area (Å²) in [5.41, 5.74) is 1.13. The second-order valence-corrected chi connectivity index (χ2v) is 5.15. The Kier molecular flexibility index (Phi) is 4.91. The van der Waals surface area contributed by atoms with E-state index < -0.39 is 0 Å². The van der Waals surface area contributed by atoms with E-state index in [9.17, 15) is 0 Å². The maximum Gasteiger partial charge on any atom is 0.142 e. The highest BCUT2D eigenvalue weighted by atomic mass is 16.5. The predicted molar refractivity (Wildman–Crippen MR) is 78.4 cm³/mol. The molecule has 1 unspecified atom stereocenters. The SMILES string of the molecule is COc1ccc(OC)c(N2CCCNCC(C)C2)c1. The number of benzene rings is 1. The van der Waals surface area contributed by atoms with Crippen LogP contribution in [0.5, 0.6) is 11.5 Å². The lowest BCUT2D eigenvalue weighted by molar-refractivity contribution is 0.399. The van der Waals surface area contributed by atoms with Gasteiger partial charge in [0, 0.05) is 19.2 Å². The fourth-order valence-electron chi connectivity index (χ4n) is 2.54. The van der Waals surface area contributed by atoms with Crippen LogP contribution in [0.3, 0.4) is 0 Å². The monoisotopic (exact) mass is 264 g/mol. The minimum atomic E-state index is 0.621. The van der Waals surface area contributed by atoms with Crippen LogP contribution in [0.4, 0.5) is 5.69 Å². The van der Waals surface area contributed by atoms with Gasteiger partial charge in [-0.1, -0.05) is 6.92 Å². The number of nitrogens with one attached hydrogen (secondary N) is 1. The molecule has 0 aromatic heterocycles. The first-order valence-electron chi connectivity index (χ1n) is 6.92. The van der Waals surface area contributed by atoms with E-state index in [1.165, 1.54) is 0 Å². The summed E-state index contributed by atoms with van der Waals surface area (Å²) in [6, 6.07) is 5.99. The van der Waals surface area contributed by atoms with Crippen molar-refractivity contribution >= 4 is 5.69 Å². The molecule has 1 atom stereocenters. The Morgan fingerprint density at radius 2 is 2.11 bits per heavy atom. The Labute approximate surface area is 115 Å². The molecule has 19 heavy (non-hydrogen) atoms. The zero-order chi connectivity index (χ0) is 13.7. The van der Waals surface area contributed by atoms with E-state index in [1.807, 2.05) is 12.1 Å². The topological polar surface area (TPSA) is 33.7 Å². The predicted octanol–water partition coefficient (Wildman–Crippen LogP) is 2.14. The number of rotatable bonds is 3. The Bertz CT molecular complexity index is 409. The van der Waals surface area contributed by atoms with Crippen LogP contribution in [0.2, 0.25) is 0 Å². The van der Waals surface area contributed by atoms with E-state index in [1.54, 1.807) is 14.2 Å². The minimum absolute atomic E-state index is 0.621. The Balaban J connectivity index is 2.25. The molecule has 1 N–H and O–H groups in total. The zero-order valence-electron chi connectivity index (χ0n) is 12.1. The van der Waals surface area contributed by atoms with Crippen molar-refractivity contribution in [2.75, 3.05) is 45.3 Å². The average molecular weight is 264 g/mol. The highest BCUT2D eigenvalue weighted by molar-refractivity contribution is 5.61. The van der Waals surface area contributed by atoms with Gasteiger partial charge in [0.15, 0.2) is 0 Å². The largest absolute Gasteiger partial charge is 0.497 e. The maximum atomic E-state index is 5.49. The minimum Gasteiger partial charge on any atom is -0.497 e. The number of methoxy groups -OCH3 is 2.